The summed E-state index contributed by atoms with van der Waals surface area (Å²) in [5.41, 5.74) is 0.185. The largest absolute Gasteiger partial charge is 0.496 e. The molecule has 0 heterocycles. The zero-order valence-electron chi connectivity index (χ0n) is 12.7. The lowest BCUT2D eigenvalue weighted by Gasteiger charge is -2.22. The van der Waals surface area contributed by atoms with E-state index in [4.69, 9.17) is 9.88 Å². The van der Waals surface area contributed by atoms with Crippen LogP contribution in [0.15, 0.2) is 23.1 Å². The van der Waals surface area contributed by atoms with Gasteiger partial charge < -0.3 is 10.1 Å². The molecule has 1 aromatic rings. The Labute approximate surface area is 131 Å². The zero-order chi connectivity index (χ0) is 16.2. The second kappa shape index (κ2) is 7.11. The number of methoxy groups -OCH3 is 1. The number of rotatable bonds is 5. The molecule has 7 heteroatoms. The van der Waals surface area contributed by atoms with Crippen molar-refractivity contribution in [2.45, 2.75) is 37.0 Å². The highest BCUT2D eigenvalue weighted by Crippen LogP contribution is 2.24. The number of carbonyl (C=O) groups is 1. The quantitative estimate of drug-likeness (QED) is 0.859. The van der Waals surface area contributed by atoms with E-state index in [0.717, 1.165) is 12.8 Å². The first-order valence-electron chi connectivity index (χ1n) is 7.41. The average molecular weight is 326 g/mol. The van der Waals surface area contributed by atoms with Crippen LogP contribution in [0, 0.1) is 5.92 Å². The van der Waals surface area contributed by atoms with Crippen LogP contribution in [0.2, 0.25) is 0 Å². The van der Waals surface area contributed by atoms with E-state index in [2.05, 4.69) is 5.32 Å². The van der Waals surface area contributed by atoms with Crippen molar-refractivity contribution in [2.24, 2.45) is 11.1 Å². The molecule has 122 valence electrons. The Morgan fingerprint density at radius 3 is 2.59 bits per heavy atom. The molecule has 1 aliphatic carbocycles. The van der Waals surface area contributed by atoms with Gasteiger partial charge in [0.1, 0.15) is 5.75 Å². The van der Waals surface area contributed by atoms with Crippen LogP contribution in [-0.2, 0) is 10.0 Å². The van der Waals surface area contributed by atoms with Crippen molar-refractivity contribution in [3.05, 3.63) is 23.8 Å². The molecular formula is C15H22N2O4S. The summed E-state index contributed by atoms with van der Waals surface area (Å²) in [5, 5.41) is 7.98. The van der Waals surface area contributed by atoms with E-state index in [1.54, 1.807) is 0 Å². The first-order valence-corrected chi connectivity index (χ1v) is 8.95. The number of nitrogens with two attached hydrogens (primary N) is 1. The summed E-state index contributed by atoms with van der Waals surface area (Å²) in [7, 11) is -2.42. The van der Waals surface area contributed by atoms with Crippen molar-refractivity contribution in [1.29, 1.82) is 0 Å². The van der Waals surface area contributed by atoms with Gasteiger partial charge in [0.2, 0.25) is 10.0 Å². The minimum absolute atomic E-state index is 0.101. The Morgan fingerprint density at radius 1 is 1.32 bits per heavy atom. The molecule has 0 bridgehead atoms. The summed E-state index contributed by atoms with van der Waals surface area (Å²) in [6.07, 6.45) is 5.90. The number of benzene rings is 1. The van der Waals surface area contributed by atoms with Crippen LogP contribution in [0.1, 0.15) is 42.5 Å². The normalized spacial score (nSPS) is 16.3. The highest BCUT2D eigenvalue weighted by molar-refractivity contribution is 7.89. The van der Waals surface area contributed by atoms with Crippen molar-refractivity contribution in [3.63, 3.8) is 0 Å². The van der Waals surface area contributed by atoms with E-state index in [1.807, 2.05) is 0 Å². The van der Waals surface area contributed by atoms with Crippen LogP contribution in [-0.4, -0.2) is 28.0 Å². The maximum atomic E-state index is 12.3. The number of ether oxygens (including phenoxy) is 1. The number of nitrogens with one attached hydrogen (secondary N) is 1. The molecule has 0 atom stereocenters. The average Bonchev–Trinajstić information content (AvgIpc) is 2.52. The van der Waals surface area contributed by atoms with E-state index < -0.39 is 10.0 Å². The molecule has 6 nitrogen and oxygen atoms in total. The monoisotopic (exact) mass is 326 g/mol. The molecule has 0 aliphatic heterocycles. The summed E-state index contributed by atoms with van der Waals surface area (Å²) < 4.78 is 28.0. The van der Waals surface area contributed by atoms with E-state index in [-0.39, 0.29) is 16.4 Å². The van der Waals surface area contributed by atoms with Crippen molar-refractivity contribution in [3.8, 4) is 5.75 Å². The number of hydrogen-bond donors (Lipinski definition) is 2. The molecule has 1 aliphatic rings. The Hall–Kier alpha value is -1.60. The van der Waals surface area contributed by atoms with Crippen molar-refractivity contribution in [2.75, 3.05) is 13.7 Å². The molecule has 1 amide bonds. The van der Waals surface area contributed by atoms with Gasteiger partial charge in [-0.05, 0) is 37.0 Å². The second-order valence-corrected chi connectivity index (χ2v) is 7.18. The second-order valence-electron chi connectivity index (χ2n) is 5.62. The summed E-state index contributed by atoms with van der Waals surface area (Å²) in [4.78, 5) is 12.2. The molecule has 1 saturated carbocycles. The fourth-order valence-electron chi connectivity index (χ4n) is 2.77. The van der Waals surface area contributed by atoms with Gasteiger partial charge in [0.15, 0.2) is 0 Å². The summed E-state index contributed by atoms with van der Waals surface area (Å²) in [6, 6.07) is 4.02. The molecule has 0 saturated heterocycles. The Balaban J connectivity index is 2.13. The van der Waals surface area contributed by atoms with E-state index in [1.165, 1.54) is 44.6 Å². The van der Waals surface area contributed by atoms with Crippen molar-refractivity contribution < 1.29 is 17.9 Å². The highest BCUT2D eigenvalue weighted by atomic mass is 32.2. The summed E-state index contributed by atoms with van der Waals surface area (Å²) >= 11 is 0. The third kappa shape index (κ3) is 4.20. The van der Waals surface area contributed by atoms with Crippen LogP contribution >= 0.6 is 0 Å². The molecular weight excluding hydrogens is 304 g/mol. The maximum Gasteiger partial charge on any atom is 0.255 e. The molecule has 0 radical (unpaired) electrons. The molecule has 22 heavy (non-hydrogen) atoms. The fourth-order valence-corrected chi connectivity index (χ4v) is 3.30. The topological polar surface area (TPSA) is 98.5 Å². The van der Waals surface area contributed by atoms with Gasteiger partial charge in [-0.2, -0.15) is 0 Å². The van der Waals surface area contributed by atoms with Gasteiger partial charge in [-0.3, -0.25) is 4.79 Å². The molecule has 0 spiro atoms. The Bertz CT molecular complexity index is 637. The molecule has 2 rings (SSSR count). The van der Waals surface area contributed by atoms with E-state index in [0.29, 0.717) is 18.2 Å². The van der Waals surface area contributed by atoms with Crippen LogP contribution in [0.25, 0.3) is 0 Å². The minimum atomic E-state index is -3.85. The summed E-state index contributed by atoms with van der Waals surface area (Å²) in [6.45, 7) is 0.599. The first-order chi connectivity index (χ1) is 10.4. The minimum Gasteiger partial charge on any atom is -0.496 e. The van der Waals surface area contributed by atoms with Gasteiger partial charge in [-0.15, -0.1) is 0 Å². The standard InChI is InChI=1S/C15H22N2O4S/c1-21-14-8-7-12(22(16,19)20)9-13(14)15(18)17-10-11-5-3-2-4-6-11/h7-9,11H,2-6,10H2,1H3,(H,17,18)(H2,16,19,20). The van der Waals surface area contributed by atoms with Crippen LogP contribution in [0.4, 0.5) is 0 Å². The maximum absolute atomic E-state index is 12.3. The van der Waals surface area contributed by atoms with E-state index in [9.17, 15) is 13.2 Å². The van der Waals surface area contributed by atoms with Gasteiger partial charge >= 0.3 is 0 Å². The zero-order valence-corrected chi connectivity index (χ0v) is 13.5. The smallest absolute Gasteiger partial charge is 0.255 e. The molecule has 1 fully saturated rings. The number of hydrogen-bond acceptors (Lipinski definition) is 4. The molecule has 0 aromatic heterocycles. The predicted octanol–water partition coefficient (Wildman–Crippen LogP) is 1.65. The SMILES string of the molecule is COc1ccc(S(N)(=O)=O)cc1C(=O)NCC1CCCCC1. The number of carbonyl (C=O) groups excluding carboxylic acids is 1. The number of sulfonamides is 1. The fraction of sp³-hybridized carbons (Fsp3) is 0.533. The molecule has 3 N–H and O–H groups in total. The van der Waals surface area contributed by atoms with Gasteiger partial charge in [0.25, 0.3) is 5.91 Å². The predicted molar refractivity (Wildman–Crippen MR) is 83.3 cm³/mol. The van der Waals surface area contributed by atoms with Crippen LogP contribution in [0.5, 0.6) is 5.75 Å². The van der Waals surface area contributed by atoms with Crippen molar-refractivity contribution >= 4 is 15.9 Å². The Morgan fingerprint density at radius 2 is 2.00 bits per heavy atom. The Kier molecular flexibility index (Phi) is 5.42. The third-order valence-electron chi connectivity index (χ3n) is 4.02. The van der Waals surface area contributed by atoms with Crippen LogP contribution < -0.4 is 15.2 Å². The lowest BCUT2D eigenvalue weighted by atomic mass is 9.89. The van der Waals surface area contributed by atoms with Gasteiger partial charge in [0.05, 0.1) is 17.6 Å². The van der Waals surface area contributed by atoms with Gasteiger partial charge in [-0.1, -0.05) is 19.3 Å². The lowest BCUT2D eigenvalue weighted by molar-refractivity contribution is 0.0940. The number of amides is 1. The lowest BCUT2D eigenvalue weighted by Crippen LogP contribution is -2.30. The number of primary sulfonamides is 1. The molecule has 1 aromatic carbocycles. The summed E-state index contributed by atoms with van der Waals surface area (Å²) in [5.74, 6) is 0.478. The molecule has 0 unspecified atom stereocenters. The highest BCUT2D eigenvalue weighted by Gasteiger charge is 2.19. The van der Waals surface area contributed by atoms with Gasteiger partial charge in [0, 0.05) is 6.54 Å². The third-order valence-corrected chi connectivity index (χ3v) is 4.93. The van der Waals surface area contributed by atoms with Crippen molar-refractivity contribution in [1.82, 2.24) is 5.32 Å². The van der Waals surface area contributed by atoms with Crippen LogP contribution in [0.3, 0.4) is 0 Å². The first kappa shape index (κ1) is 16.8. The van der Waals surface area contributed by atoms with E-state index >= 15 is 0 Å². The van der Waals surface area contributed by atoms with Gasteiger partial charge in [-0.25, -0.2) is 13.6 Å².